The first-order valence-electron chi connectivity index (χ1n) is 9.13. The van der Waals surface area contributed by atoms with Gasteiger partial charge in [0.05, 0.1) is 25.1 Å². The second kappa shape index (κ2) is 9.18. The summed E-state index contributed by atoms with van der Waals surface area (Å²) in [5.74, 6) is -0.546. The van der Waals surface area contributed by atoms with Gasteiger partial charge in [-0.05, 0) is 36.8 Å². The van der Waals surface area contributed by atoms with Crippen molar-refractivity contribution >= 4 is 44.5 Å². The van der Waals surface area contributed by atoms with E-state index in [4.69, 9.17) is 23.2 Å². The number of carbonyl (C=O) groups excluding carboxylic acids is 1. The van der Waals surface area contributed by atoms with E-state index in [0.717, 1.165) is 11.6 Å². The summed E-state index contributed by atoms with van der Waals surface area (Å²) in [5, 5.41) is 10.2. The molecule has 9 heteroatoms. The van der Waals surface area contributed by atoms with Crippen LogP contribution < -0.4 is 0 Å². The minimum absolute atomic E-state index is 0.0540. The molecule has 0 saturated heterocycles. The molecule has 0 saturated carbocycles. The normalized spacial score (nSPS) is 12.4. The maximum atomic E-state index is 13.4. The fourth-order valence-electron chi connectivity index (χ4n) is 3.09. The number of aryl methyl sites for hydroxylation is 1. The van der Waals surface area contributed by atoms with Crippen LogP contribution in [0.2, 0.25) is 10.0 Å². The molecule has 1 atom stereocenters. The lowest BCUT2D eigenvalue weighted by Gasteiger charge is -2.19. The second-order valence-corrected chi connectivity index (χ2v) is 9.90. The third-order valence-electron chi connectivity index (χ3n) is 4.79. The standard InChI is InChI=1S/C22H17Cl2NO5S/c1-14-5-8-18(9-6-14)31(29,30)22(16-7-10-19(23)20(24)12-16)13-21(26)15-3-2-4-17(11-15)25(27)28/h2-12,22H,13H2,1H3/t22-/m0/s1. The smallest absolute Gasteiger partial charge is 0.270 e. The maximum absolute atomic E-state index is 13.4. The van der Waals surface area contributed by atoms with Gasteiger partial charge in [-0.15, -0.1) is 0 Å². The van der Waals surface area contributed by atoms with E-state index in [0.29, 0.717) is 5.56 Å². The molecule has 0 fully saturated rings. The van der Waals surface area contributed by atoms with E-state index in [9.17, 15) is 23.3 Å². The van der Waals surface area contributed by atoms with Gasteiger partial charge in [0.2, 0.25) is 0 Å². The van der Waals surface area contributed by atoms with Crippen LogP contribution in [0.4, 0.5) is 5.69 Å². The van der Waals surface area contributed by atoms with Gasteiger partial charge in [-0.25, -0.2) is 8.42 Å². The van der Waals surface area contributed by atoms with Crippen LogP contribution >= 0.6 is 23.2 Å². The maximum Gasteiger partial charge on any atom is 0.270 e. The lowest BCUT2D eigenvalue weighted by Crippen LogP contribution is -2.18. The molecule has 0 aliphatic carbocycles. The molecule has 3 rings (SSSR count). The average Bonchev–Trinajstić information content (AvgIpc) is 2.74. The number of carbonyl (C=O) groups is 1. The highest BCUT2D eigenvalue weighted by atomic mass is 35.5. The second-order valence-electron chi connectivity index (χ2n) is 6.95. The van der Waals surface area contributed by atoms with E-state index in [1.807, 2.05) is 6.92 Å². The van der Waals surface area contributed by atoms with E-state index in [1.165, 1.54) is 48.5 Å². The van der Waals surface area contributed by atoms with Crippen molar-refractivity contribution < 1.29 is 18.1 Å². The highest BCUT2D eigenvalue weighted by Gasteiger charge is 2.32. The Bertz CT molecular complexity index is 1260. The van der Waals surface area contributed by atoms with Crippen LogP contribution in [0, 0.1) is 17.0 Å². The van der Waals surface area contributed by atoms with Crippen molar-refractivity contribution in [3.05, 3.63) is 104 Å². The largest absolute Gasteiger partial charge is 0.294 e. The van der Waals surface area contributed by atoms with Crippen molar-refractivity contribution in [1.29, 1.82) is 0 Å². The molecule has 0 radical (unpaired) electrons. The molecule has 0 amide bonds. The third kappa shape index (κ3) is 5.12. The molecule has 3 aromatic rings. The Morgan fingerprint density at radius 1 is 1.00 bits per heavy atom. The molecule has 0 aromatic heterocycles. The van der Waals surface area contributed by atoms with Gasteiger partial charge in [0, 0.05) is 24.1 Å². The van der Waals surface area contributed by atoms with Gasteiger partial charge in [0.25, 0.3) is 5.69 Å². The Balaban J connectivity index is 2.06. The molecular formula is C22H17Cl2NO5S. The summed E-state index contributed by atoms with van der Waals surface area (Å²) in [6, 6.07) is 15.9. The SMILES string of the molecule is Cc1ccc(S(=O)(=O)[C@@H](CC(=O)c2cccc([N+](=O)[O-])c2)c2ccc(Cl)c(Cl)c2)cc1. The number of Topliss-reactive ketones (excluding diaryl/α,β-unsaturated/α-hetero) is 1. The predicted octanol–water partition coefficient (Wildman–Crippen LogP) is 6.00. The van der Waals surface area contributed by atoms with Gasteiger partial charge >= 0.3 is 0 Å². The van der Waals surface area contributed by atoms with Gasteiger partial charge in [-0.1, -0.05) is 59.1 Å². The lowest BCUT2D eigenvalue weighted by atomic mass is 10.0. The number of halogens is 2. The number of hydrogen-bond acceptors (Lipinski definition) is 5. The number of sulfone groups is 1. The molecule has 0 aliphatic heterocycles. The minimum Gasteiger partial charge on any atom is -0.294 e. The van der Waals surface area contributed by atoms with E-state index in [-0.39, 0.29) is 26.2 Å². The summed E-state index contributed by atoms with van der Waals surface area (Å²) in [6.45, 7) is 1.83. The van der Waals surface area contributed by atoms with Crippen LogP contribution in [0.1, 0.15) is 33.2 Å². The van der Waals surface area contributed by atoms with Crippen molar-refractivity contribution in [1.82, 2.24) is 0 Å². The Hall–Kier alpha value is -2.74. The lowest BCUT2D eigenvalue weighted by molar-refractivity contribution is -0.384. The molecule has 6 nitrogen and oxygen atoms in total. The van der Waals surface area contributed by atoms with Gasteiger partial charge in [0.15, 0.2) is 15.6 Å². The average molecular weight is 478 g/mol. The number of nitrogens with zero attached hydrogens (tertiary/aromatic N) is 1. The van der Waals surface area contributed by atoms with Crippen LogP contribution in [-0.4, -0.2) is 19.1 Å². The Labute approximate surface area is 189 Å². The topological polar surface area (TPSA) is 94.3 Å². The van der Waals surface area contributed by atoms with Gasteiger partial charge in [-0.3, -0.25) is 14.9 Å². The molecular weight excluding hydrogens is 461 g/mol. The van der Waals surface area contributed by atoms with Gasteiger partial charge < -0.3 is 0 Å². The fourth-order valence-corrected chi connectivity index (χ4v) is 5.12. The molecule has 0 bridgehead atoms. The Kier molecular flexibility index (Phi) is 6.79. The van der Waals surface area contributed by atoms with Crippen molar-refractivity contribution in [3.8, 4) is 0 Å². The minimum atomic E-state index is -3.99. The summed E-state index contributed by atoms with van der Waals surface area (Å²) < 4.78 is 26.9. The van der Waals surface area contributed by atoms with Crippen molar-refractivity contribution in [2.24, 2.45) is 0 Å². The number of nitro groups is 1. The molecule has 31 heavy (non-hydrogen) atoms. The highest BCUT2D eigenvalue weighted by Crippen LogP contribution is 2.36. The number of benzene rings is 3. The summed E-state index contributed by atoms with van der Waals surface area (Å²) >= 11 is 12.1. The zero-order valence-corrected chi connectivity index (χ0v) is 18.6. The number of ketones is 1. The first kappa shape index (κ1) is 22.9. The van der Waals surface area contributed by atoms with E-state index in [2.05, 4.69) is 0 Å². The third-order valence-corrected chi connectivity index (χ3v) is 7.65. The van der Waals surface area contributed by atoms with Crippen LogP contribution in [0.15, 0.2) is 71.6 Å². The van der Waals surface area contributed by atoms with Crippen molar-refractivity contribution in [3.63, 3.8) is 0 Å². The number of rotatable bonds is 7. The summed E-state index contributed by atoms with van der Waals surface area (Å²) in [4.78, 5) is 23.4. The summed E-state index contributed by atoms with van der Waals surface area (Å²) in [5.41, 5.74) is 0.989. The molecule has 160 valence electrons. The monoisotopic (exact) mass is 477 g/mol. The van der Waals surface area contributed by atoms with Crippen molar-refractivity contribution in [2.75, 3.05) is 0 Å². The quantitative estimate of drug-likeness (QED) is 0.236. The first-order valence-corrected chi connectivity index (χ1v) is 11.4. The molecule has 0 heterocycles. The molecule has 0 spiro atoms. The first-order chi connectivity index (χ1) is 14.6. The van der Waals surface area contributed by atoms with Gasteiger partial charge in [0.1, 0.15) is 0 Å². The van der Waals surface area contributed by atoms with E-state index >= 15 is 0 Å². The highest BCUT2D eigenvalue weighted by molar-refractivity contribution is 7.91. The molecule has 0 unspecified atom stereocenters. The van der Waals surface area contributed by atoms with Gasteiger partial charge in [-0.2, -0.15) is 0 Å². The van der Waals surface area contributed by atoms with E-state index < -0.39 is 32.2 Å². The van der Waals surface area contributed by atoms with Crippen LogP contribution in [0.25, 0.3) is 0 Å². The molecule has 0 N–H and O–H groups in total. The van der Waals surface area contributed by atoms with Crippen LogP contribution in [0.5, 0.6) is 0 Å². The fraction of sp³-hybridized carbons (Fsp3) is 0.136. The molecule has 3 aromatic carbocycles. The molecule has 0 aliphatic rings. The zero-order chi connectivity index (χ0) is 22.8. The summed E-state index contributed by atoms with van der Waals surface area (Å²) in [6.07, 6.45) is -0.421. The predicted molar refractivity (Wildman–Crippen MR) is 120 cm³/mol. The van der Waals surface area contributed by atoms with Crippen LogP contribution in [-0.2, 0) is 9.84 Å². The zero-order valence-electron chi connectivity index (χ0n) is 16.3. The number of hydrogen-bond donors (Lipinski definition) is 0. The van der Waals surface area contributed by atoms with Crippen LogP contribution in [0.3, 0.4) is 0 Å². The van der Waals surface area contributed by atoms with E-state index in [1.54, 1.807) is 12.1 Å². The Morgan fingerprint density at radius 2 is 1.68 bits per heavy atom. The Morgan fingerprint density at radius 3 is 2.29 bits per heavy atom. The number of nitro benzene ring substituents is 1. The number of non-ortho nitro benzene ring substituents is 1. The van der Waals surface area contributed by atoms with Crippen molar-refractivity contribution in [2.45, 2.75) is 23.5 Å². The summed E-state index contributed by atoms with van der Waals surface area (Å²) in [7, 11) is -3.99.